The Morgan fingerprint density at radius 1 is 1.14 bits per heavy atom. The molecule has 0 spiro atoms. The molecule has 2 aromatic rings. The molecule has 0 fully saturated rings. The number of nitro groups is 1. The molecule has 0 aliphatic heterocycles. The predicted molar refractivity (Wildman–Crippen MR) is 81.3 cm³/mol. The monoisotopic (exact) mass is 284 g/mol. The molecule has 0 aliphatic rings. The van der Waals surface area contributed by atoms with Crippen molar-refractivity contribution in [3.8, 4) is 0 Å². The highest BCUT2D eigenvalue weighted by Gasteiger charge is 2.19. The molecule has 0 unspecified atom stereocenters. The fourth-order valence-corrected chi connectivity index (χ4v) is 2.08. The minimum absolute atomic E-state index is 0.0838. The van der Waals surface area contributed by atoms with Crippen molar-refractivity contribution in [2.24, 2.45) is 0 Å². The van der Waals surface area contributed by atoms with Crippen molar-refractivity contribution in [2.75, 3.05) is 5.32 Å². The lowest BCUT2D eigenvalue weighted by molar-refractivity contribution is -0.384. The van der Waals surface area contributed by atoms with Crippen molar-refractivity contribution in [3.05, 3.63) is 69.3 Å². The second-order valence-corrected chi connectivity index (χ2v) is 4.87. The fourth-order valence-electron chi connectivity index (χ4n) is 2.08. The molecule has 5 nitrogen and oxygen atoms in total. The molecule has 1 N–H and O–H groups in total. The molecule has 0 radical (unpaired) electrons. The van der Waals surface area contributed by atoms with E-state index in [1.165, 1.54) is 6.07 Å². The molecule has 0 aliphatic carbocycles. The lowest BCUT2D eigenvalue weighted by Crippen LogP contribution is -2.16. The van der Waals surface area contributed by atoms with E-state index in [2.05, 4.69) is 5.32 Å². The van der Waals surface area contributed by atoms with E-state index >= 15 is 0 Å². The Bertz CT molecular complexity index is 681. The number of rotatable bonds is 4. The molecule has 1 amide bonds. The molecule has 21 heavy (non-hydrogen) atoms. The minimum atomic E-state index is -0.482. The molecule has 108 valence electrons. The number of nitro benzene ring substituents is 1. The first-order chi connectivity index (χ1) is 9.99. The van der Waals surface area contributed by atoms with Gasteiger partial charge in [0, 0.05) is 6.07 Å². The highest BCUT2D eigenvalue weighted by Crippen LogP contribution is 2.30. The molecule has 0 saturated heterocycles. The summed E-state index contributed by atoms with van der Waals surface area (Å²) >= 11 is 0. The normalized spacial score (nSPS) is 10.2. The van der Waals surface area contributed by atoms with Crippen LogP contribution in [-0.2, 0) is 11.2 Å². The standard InChI is InChI=1S/C16H16N2O3/c1-11-8-9-14(18(20)21)16(12(11)2)17-15(19)10-13-6-4-3-5-7-13/h3-9H,10H2,1-2H3,(H,17,19). The molecular formula is C16H16N2O3. The minimum Gasteiger partial charge on any atom is -0.320 e. The summed E-state index contributed by atoms with van der Waals surface area (Å²) in [6.07, 6.45) is 0.186. The molecule has 0 heterocycles. The predicted octanol–water partition coefficient (Wildman–Crippen LogP) is 3.39. The second kappa shape index (κ2) is 6.17. The quantitative estimate of drug-likeness (QED) is 0.691. The van der Waals surface area contributed by atoms with Gasteiger partial charge in [0.1, 0.15) is 5.69 Å². The van der Waals surface area contributed by atoms with Crippen molar-refractivity contribution in [1.29, 1.82) is 0 Å². The van der Waals surface area contributed by atoms with Gasteiger partial charge in [-0.3, -0.25) is 14.9 Å². The number of hydrogen-bond acceptors (Lipinski definition) is 3. The number of benzene rings is 2. The van der Waals surface area contributed by atoms with Crippen LogP contribution < -0.4 is 5.32 Å². The summed E-state index contributed by atoms with van der Waals surface area (Å²) in [6.45, 7) is 3.62. The average molecular weight is 284 g/mol. The Morgan fingerprint density at radius 3 is 2.43 bits per heavy atom. The maximum absolute atomic E-state index is 12.1. The largest absolute Gasteiger partial charge is 0.320 e. The number of hydrogen-bond donors (Lipinski definition) is 1. The van der Waals surface area contributed by atoms with Crippen LogP contribution in [0.15, 0.2) is 42.5 Å². The van der Waals surface area contributed by atoms with Crippen LogP contribution in [0.25, 0.3) is 0 Å². The lowest BCUT2D eigenvalue weighted by Gasteiger charge is -2.11. The van der Waals surface area contributed by atoms with Crippen molar-refractivity contribution in [3.63, 3.8) is 0 Å². The number of carbonyl (C=O) groups is 1. The van der Waals surface area contributed by atoms with Gasteiger partial charge in [0.05, 0.1) is 11.3 Å². The molecule has 0 aromatic heterocycles. The zero-order valence-corrected chi connectivity index (χ0v) is 11.9. The first kappa shape index (κ1) is 14.7. The van der Waals surface area contributed by atoms with Crippen LogP contribution in [-0.4, -0.2) is 10.8 Å². The summed E-state index contributed by atoms with van der Waals surface area (Å²) in [5.41, 5.74) is 2.67. The first-order valence-electron chi connectivity index (χ1n) is 6.57. The van der Waals surface area contributed by atoms with Crippen molar-refractivity contribution >= 4 is 17.3 Å². The molecule has 5 heteroatoms. The zero-order chi connectivity index (χ0) is 15.4. The van der Waals surface area contributed by atoms with Crippen LogP contribution in [0.2, 0.25) is 0 Å². The molecule has 0 saturated carbocycles. The van der Waals surface area contributed by atoms with E-state index in [1.807, 2.05) is 37.3 Å². The van der Waals surface area contributed by atoms with Crippen LogP contribution in [0.4, 0.5) is 11.4 Å². The number of aryl methyl sites for hydroxylation is 1. The van der Waals surface area contributed by atoms with E-state index in [4.69, 9.17) is 0 Å². The summed E-state index contributed by atoms with van der Waals surface area (Å²) in [5.74, 6) is -0.266. The van der Waals surface area contributed by atoms with Crippen LogP contribution in [0.1, 0.15) is 16.7 Å². The van der Waals surface area contributed by atoms with Crippen molar-refractivity contribution in [2.45, 2.75) is 20.3 Å². The van der Waals surface area contributed by atoms with Crippen LogP contribution >= 0.6 is 0 Å². The number of anilines is 1. The van der Waals surface area contributed by atoms with Gasteiger partial charge in [-0.15, -0.1) is 0 Å². The van der Waals surface area contributed by atoms with Gasteiger partial charge in [-0.2, -0.15) is 0 Å². The number of nitrogens with one attached hydrogen (secondary N) is 1. The first-order valence-corrected chi connectivity index (χ1v) is 6.57. The van der Waals surface area contributed by atoms with E-state index in [1.54, 1.807) is 13.0 Å². The van der Waals surface area contributed by atoms with E-state index in [0.717, 1.165) is 11.1 Å². The highest BCUT2D eigenvalue weighted by molar-refractivity contribution is 5.95. The van der Waals surface area contributed by atoms with Crippen molar-refractivity contribution < 1.29 is 9.72 Å². The maximum atomic E-state index is 12.1. The summed E-state index contributed by atoms with van der Waals surface area (Å²) in [4.78, 5) is 22.7. The lowest BCUT2D eigenvalue weighted by atomic mass is 10.1. The van der Waals surface area contributed by atoms with E-state index in [9.17, 15) is 14.9 Å². The second-order valence-electron chi connectivity index (χ2n) is 4.87. The zero-order valence-electron chi connectivity index (χ0n) is 11.9. The Hall–Kier alpha value is -2.69. The third-order valence-electron chi connectivity index (χ3n) is 3.38. The van der Waals surface area contributed by atoms with Gasteiger partial charge < -0.3 is 5.32 Å². The number of carbonyl (C=O) groups excluding carboxylic acids is 1. The summed E-state index contributed by atoms with van der Waals surface area (Å²) in [5, 5.41) is 13.7. The fraction of sp³-hybridized carbons (Fsp3) is 0.188. The van der Waals surface area contributed by atoms with Gasteiger partial charge in [-0.25, -0.2) is 0 Å². The molecule has 0 atom stereocenters. The molecule has 0 bridgehead atoms. The SMILES string of the molecule is Cc1ccc([N+](=O)[O-])c(NC(=O)Cc2ccccc2)c1C. The number of amides is 1. The Balaban J connectivity index is 2.24. The van der Waals surface area contributed by atoms with Gasteiger partial charge in [-0.1, -0.05) is 36.4 Å². The Labute approximate surface area is 122 Å². The van der Waals surface area contributed by atoms with Gasteiger partial charge in [0.2, 0.25) is 5.91 Å². The van der Waals surface area contributed by atoms with Crippen LogP contribution in [0, 0.1) is 24.0 Å². The summed E-state index contributed by atoms with van der Waals surface area (Å²) in [6, 6.07) is 12.4. The molecule has 2 aromatic carbocycles. The topological polar surface area (TPSA) is 72.2 Å². The summed E-state index contributed by atoms with van der Waals surface area (Å²) in [7, 11) is 0. The number of nitrogens with zero attached hydrogens (tertiary/aromatic N) is 1. The molecule has 2 rings (SSSR count). The van der Waals surface area contributed by atoms with E-state index < -0.39 is 4.92 Å². The van der Waals surface area contributed by atoms with Crippen LogP contribution in [0.3, 0.4) is 0 Å². The third kappa shape index (κ3) is 3.45. The smallest absolute Gasteiger partial charge is 0.293 e. The third-order valence-corrected chi connectivity index (χ3v) is 3.38. The van der Waals surface area contributed by atoms with Gasteiger partial charge in [0.25, 0.3) is 5.69 Å². The molecular weight excluding hydrogens is 268 g/mol. The van der Waals surface area contributed by atoms with Gasteiger partial charge in [0.15, 0.2) is 0 Å². The summed E-state index contributed by atoms with van der Waals surface area (Å²) < 4.78 is 0. The van der Waals surface area contributed by atoms with Gasteiger partial charge >= 0.3 is 0 Å². The van der Waals surface area contributed by atoms with Gasteiger partial charge in [-0.05, 0) is 30.5 Å². The maximum Gasteiger partial charge on any atom is 0.293 e. The van der Waals surface area contributed by atoms with E-state index in [-0.39, 0.29) is 23.7 Å². The van der Waals surface area contributed by atoms with Crippen LogP contribution in [0.5, 0.6) is 0 Å². The van der Waals surface area contributed by atoms with Crippen molar-refractivity contribution in [1.82, 2.24) is 0 Å². The Kier molecular flexibility index (Phi) is 4.33. The average Bonchev–Trinajstić information content (AvgIpc) is 2.44. The highest BCUT2D eigenvalue weighted by atomic mass is 16.6. The Morgan fingerprint density at radius 2 is 1.81 bits per heavy atom. The van der Waals surface area contributed by atoms with E-state index in [0.29, 0.717) is 5.56 Å².